The zero-order valence-electron chi connectivity index (χ0n) is 18.4. The van der Waals surface area contributed by atoms with Crippen molar-refractivity contribution in [3.05, 3.63) is 71.8 Å². The van der Waals surface area contributed by atoms with Crippen LogP contribution in [0, 0.1) is 5.92 Å². The molecule has 2 atom stereocenters. The van der Waals surface area contributed by atoms with Gasteiger partial charge in [-0.25, -0.2) is 4.79 Å². The number of amides is 1. The van der Waals surface area contributed by atoms with E-state index in [4.69, 9.17) is 4.74 Å². The average molecular weight is 441 g/mol. The summed E-state index contributed by atoms with van der Waals surface area (Å²) in [5, 5.41) is 21.1. The molecule has 1 amide bonds. The molecule has 0 saturated carbocycles. The first-order chi connectivity index (χ1) is 15.5. The van der Waals surface area contributed by atoms with Gasteiger partial charge in [-0.15, -0.1) is 0 Å². The van der Waals surface area contributed by atoms with Crippen molar-refractivity contribution in [2.45, 2.75) is 38.0 Å². The molecule has 0 spiro atoms. The van der Waals surface area contributed by atoms with Crippen LogP contribution in [0.4, 0.5) is 0 Å². The molecular weight excluding hydrogens is 408 g/mol. The maximum atomic E-state index is 12.6. The average Bonchev–Trinajstić information content (AvgIpc) is 2.80. The van der Waals surface area contributed by atoms with Gasteiger partial charge in [0.25, 0.3) is 0 Å². The van der Waals surface area contributed by atoms with E-state index >= 15 is 0 Å². The van der Waals surface area contributed by atoms with Gasteiger partial charge in [0.05, 0.1) is 6.10 Å². The fourth-order valence-corrected chi connectivity index (χ4v) is 4.28. The first-order valence-corrected chi connectivity index (χ1v) is 11.1. The predicted octanol–water partition coefficient (Wildman–Crippen LogP) is 2.45. The van der Waals surface area contributed by atoms with Gasteiger partial charge in [-0.3, -0.25) is 10.1 Å². The van der Waals surface area contributed by atoms with Gasteiger partial charge in [-0.2, -0.15) is 0 Å². The summed E-state index contributed by atoms with van der Waals surface area (Å²) in [6.45, 7) is 2.52. The molecule has 0 aliphatic carbocycles. The second-order valence-corrected chi connectivity index (χ2v) is 8.30. The van der Waals surface area contributed by atoms with Gasteiger partial charge >= 0.3 is 5.97 Å². The summed E-state index contributed by atoms with van der Waals surface area (Å²) in [6.07, 6.45) is -0.310. The van der Waals surface area contributed by atoms with Crippen molar-refractivity contribution in [1.29, 1.82) is 0 Å². The molecule has 2 aromatic carbocycles. The number of benzene rings is 2. The minimum atomic E-state index is -1.33. The third kappa shape index (κ3) is 6.63. The van der Waals surface area contributed by atoms with E-state index in [0.717, 1.165) is 12.8 Å². The molecule has 7 nitrogen and oxygen atoms in total. The summed E-state index contributed by atoms with van der Waals surface area (Å²) in [6, 6.07) is 20.9. The van der Waals surface area contributed by atoms with Gasteiger partial charge < -0.3 is 19.8 Å². The van der Waals surface area contributed by atoms with Crippen molar-refractivity contribution >= 4 is 11.9 Å². The molecule has 1 heterocycles. The van der Waals surface area contributed by atoms with Gasteiger partial charge in [0.2, 0.25) is 12.1 Å². The molecule has 2 unspecified atom stereocenters. The van der Waals surface area contributed by atoms with Crippen molar-refractivity contribution in [3.8, 4) is 0 Å². The van der Waals surface area contributed by atoms with Crippen LogP contribution >= 0.6 is 0 Å². The number of carbonyl (C=O) groups is 2. The Kier molecular flexibility index (Phi) is 8.79. The first kappa shape index (κ1) is 23.9. The zero-order valence-corrected chi connectivity index (χ0v) is 18.4. The number of piperidine rings is 1. The van der Waals surface area contributed by atoms with Crippen molar-refractivity contribution in [3.63, 3.8) is 0 Å². The number of likely N-dealkylation sites (tertiary alicyclic amines) is 1. The highest BCUT2D eigenvalue weighted by Crippen LogP contribution is 2.37. The second kappa shape index (κ2) is 11.8. The Morgan fingerprint density at radius 2 is 1.56 bits per heavy atom. The lowest BCUT2D eigenvalue weighted by molar-refractivity contribution is -0.157. The summed E-state index contributed by atoms with van der Waals surface area (Å²) in [5.41, 5.74) is 2.56. The Bertz CT molecular complexity index is 812. The number of carboxylic acids is 1. The van der Waals surface area contributed by atoms with Crippen molar-refractivity contribution in [1.82, 2.24) is 10.2 Å². The number of aliphatic hydroxyl groups is 1. The topological polar surface area (TPSA) is 99.1 Å². The van der Waals surface area contributed by atoms with E-state index in [-0.39, 0.29) is 25.0 Å². The van der Waals surface area contributed by atoms with Crippen LogP contribution in [0.15, 0.2) is 60.7 Å². The molecule has 3 rings (SSSR count). The van der Waals surface area contributed by atoms with Crippen molar-refractivity contribution < 1.29 is 24.5 Å². The molecule has 1 fully saturated rings. The van der Waals surface area contributed by atoms with Gasteiger partial charge in [-0.1, -0.05) is 60.7 Å². The van der Waals surface area contributed by atoms with Crippen LogP contribution in [0.3, 0.4) is 0 Å². The number of hydrogen-bond donors (Lipinski definition) is 3. The molecular formula is C25H32N2O5. The molecule has 0 bridgehead atoms. The van der Waals surface area contributed by atoms with Gasteiger partial charge in [0, 0.05) is 25.6 Å². The van der Waals surface area contributed by atoms with E-state index in [2.05, 4.69) is 53.8 Å². The predicted molar refractivity (Wildman–Crippen MR) is 121 cm³/mol. The third-order valence-corrected chi connectivity index (χ3v) is 5.88. The normalized spacial score (nSPS) is 16.7. The summed E-state index contributed by atoms with van der Waals surface area (Å²) < 4.78 is 5.27. The van der Waals surface area contributed by atoms with Gasteiger partial charge in [-0.05, 0) is 36.8 Å². The van der Waals surface area contributed by atoms with Crippen molar-refractivity contribution in [2.24, 2.45) is 5.92 Å². The number of aliphatic hydroxyl groups excluding tert-OH is 1. The zero-order chi connectivity index (χ0) is 22.9. The molecule has 0 aromatic heterocycles. The van der Waals surface area contributed by atoms with E-state index in [1.165, 1.54) is 11.1 Å². The fourth-order valence-electron chi connectivity index (χ4n) is 4.28. The molecule has 1 aliphatic rings. The molecule has 7 heteroatoms. The van der Waals surface area contributed by atoms with Crippen LogP contribution in [0.2, 0.25) is 0 Å². The second-order valence-electron chi connectivity index (χ2n) is 8.30. The van der Waals surface area contributed by atoms with Gasteiger partial charge in [0.15, 0.2) is 0 Å². The molecule has 3 N–H and O–H groups in total. The number of carboxylic acid groups (broad SMARTS) is 1. The molecule has 1 aliphatic heterocycles. The number of aliphatic carboxylic acids is 1. The Morgan fingerprint density at radius 3 is 2.03 bits per heavy atom. The molecule has 2 aromatic rings. The Morgan fingerprint density at radius 1 is 1.03 bits per heavy atom. The lowest BCUT2D eigenvalue weighted by Crippen LogP contribution is -2.46. The van der Waals surface area contributed by atoms with Gasteiger partial charge in [0.1, 0.15) is 6.61 Å². The van der Waals surface area contributed by atoms with Crippen LogP contribution in [-0.2, 0) is 14.3 Å². The minimum absolute atomic E-state index is 0.0664. The number of nitrogens with one attached hydrogen (secondary N) is 1. The number of hydrogen-bond acceptors (Lipinski definition) is 5. The monoisotopic (exact) mass is 440 g/mol. The number of carbonyl (C=O) groups excluding carboxylic acids is 1. The number of nitrogens with zero attached hydrogens (tertiary/aromatic N) is 1. The Hall–Kier alpha value is -2.74. The maximum absolute atomic E-state index is 12.6. The lowest BCUT2D eigenvalue weighted by atomic mass is 9.76. The summed E-state index contributed by atoms with van der Waals surface area (Å²) in [4.78, 5) is 25.7. The maximum Gasteiger partial charge on any atom is 0.348 e. The SMILES string of the molecule is CC(O)CNC(OCC(=O)N1CCC(C(c2ccccc2)c2ccccc2)CC1)C(=O)O. The Balaban J connectivity index is 1.58. The highest BCUT2D eigenvalue weighted by molar-refractivity contribution is 5.78. The molecule has 0 radical (unpaired) electrons. The minimum Gasteiger partial charge on any atom is -0.478 e. The van der Waals surface area contributed by atoms with E-state index < -0.39 is 18.3 Å². The van der Waals surface area contributed by atoms with E-state index in [1.54, 1.807) is 11.8 Å². The molecule has 32 heavy (non-hydrogen) atoms. The van der Waals surface area contributed by atoms with Crippen molar-refractivity contribution in [2.75, 3.05) is 26.2 Å². The summed E-state index contributed by atoms with van der Waals surface area (Å²) in [5.74, 6) is -0.758. The quantitative estimate of drug-likeness (QED) is 0.491. The van der Waals surface area contributed by atoms with Crippen LogP contribution < -0.4 is 5.32 Å². The van der Waals surface area contributed by atoms with Crippen LogP contribution in [0.5, 0.6) is 0 Å². The number of rotatable bonds is 10. The lowest BCUT2D eigenvalue weighted by Gasteiger charge is -2.36. The first-order valence-electron chi connectivity index (χ1n) is 11.1. The Labute approximate surface area is 189 Å². The largest absolute Gasteiger partial charge is 0.478 e. The van der Waals surface area contributed by atoms with E-state index in [9.17, 15) is 19.8 Å². The highest BCUT2D eigenvalue weighted by Gasteiger charge is 2.31. The molecule has 1 saturated heterocycles. The summed E-state index contributed by atoms with van der Waals surface area (Å²) >= 11 is 0. The van der Waals surface area contributed by atoms with Crippen LogP contribution in [-0.4, -0.2) is 65.6 Å². The smallest absolute Gasteiger partial charge is 0.348 e. The third-order valence-electron chi connectivity index (χ3n) is 5.88. The standard InChI is InChI=1S/C25H32N2O5/c1-18(28)16-26-24(25(30)31)32-17-22(29)27-14-12-21(13-15-27)23(19-8-4-2-5-9-19)20-10-6-3-7-11-20/h2-11,18,21,23-24,26,28H,12-17H2,1H3,(H,30,31). The van der Waals surface area contributed by atoms with Crippen LogP contribution in [0.25, 0.3) is 0 Å². The van der Waals surface area contributed by atoms with E-state index in [0.29, 0.717) is 19.0 Å². The number of ether oxygens (including phenoxy) is 1. The fraction of sp³-hybridized carbons (Fsp3) is 0.440. The van der Waals surface area contributed by atoms with E-state index in [1.807, 2.05) is 12.1 Å². The highest BCUT2D eigenvalue weighted by atomic mass is 16.5. The van der Waals surface area contributed by atoms with Crippen LogP contribution in [0.1, 0.15) is 36.8 Å². The molecule has 172 valence electrons. The summed E-state index contributed by atoms with van der Waals surface area (Å²) in [7, 11) is 0.